The second-order valence-corrected chi connectivity index (χ2v) is 10.8. The van der Waals surface area contributed by atoms with Gasteiger partial charge in [0.15, 0.2) is 0 Å². The minimum atomic E-state index is -0.376. The largest absolute Gasteiger partial charge is 0.459 e. The minimum absolute atomic E-state index is 0.0309. The molecule has 1 aliphatic heterocycles. The van der Waals surface area contributed by atoms with Crippen molar-refractivity contribution in [3.8, 4) is 0 Å². The smallest absolute Gasteiger partial charge is 0.338 e. The molecule has 3 aliphatic carbocycles. The Kier molecular flexibility index (Phi) is 5.09. The fourth-order valence-electron chi connectivity index (χ4n) is 5.78. The molecular formula is C22H23Br2NO4. The van der Waals surface area contributed by atoms with Gasteiger partial charge in [-0.25, -0.2) is 4.79 Å². The van der Waals surface area contributed by atoms with Crippen molar-refractivity contribution >= 4 is 55.3 Å². The molecule has 1 heterocycles. The Morgan fingerprint density at radius 1 is 0.966 bits per heavy atom. The predicted octanol–water partition coefficient (Wildman–Crippen LogP) is 4.46. The number of imide groups is 1. The van der Waals surface area contributed by atoms with E-state index in [1.807, 2.05) is 0 Å². The summed E-state index contributed by atoms with van der Waals surface area (Å²) in [6.07, 6.45) is 6.05. The Labute approximate surface area is 186 Å². The quantitative estimate of drug-likeness (QED) is 0.333. The first-order valence-corrected chi connectivity index (χ1v) is 12.3. The van der Waals surface area contributed by atoms with E-state index in [9.17, 15) is 14.4 Å². The van der Waals surface area contributed by atoms with Crippen molar-refractivity contribution in [3.05, 3.63) is 29.8 Å². The van der Waals surface area contributed by atoms with Gasteiger partial charge in [-0.1, -0.05) is 44.3 Å². The number of fused-ring (bicyclic) bond motifs is 5. The minimum Gasteiger partial charge on any atom is -0.459 e. The molecule has 0 spiro atoms. The Morgan fingerprint density at radius 2 is 1.59 bits per heavy atom. The maximum atomic E-state index is 13.2. The van der Waals surface area contributed by atoms with Crippen molar-refractivity contribution < 1.29 is 19.1 Å². The summed E-state index contributed by atoms with van der Waals surface area (Å²) in [7, 11) is 0. The topological polar surface area (TPSA) is 63.7 Å². The number of alkyl halides is 2. The SMILES string of the molecule is O=C(OC1CCCCC1)c1cccc(N2C(=O)[C@@H]3[C@H]4C[C@@H]([C@@H](Br)[C@H]4Br)[C@H]3C2=O)c1. The highest BCUT2D eigenvalue weighted by molar-refractivity contribution is 9.12. The van der Waals surface area contributed by atoms with E-state index in [1.54, 1.807) is 24.3 Å². The monoisotopic (exact) mass is 523 g/mol. The lowest BCUT2D eigenvalue weighted by atomic mass is 9.81. The highest BCUT2D eigenvalue weighted by Gasteiger charge is 2.66. The van der Waals surface area contributed by atoms with Gasteiger partial charge in [-0.2, -0.15) is 0 Å². The number of carbonyl (C=O) groups excluding carboxylic acids is 3. The van der Waals surface area contributed by atoms with Gasteiger partial charge >= 0.3 is 5.97 Å². The lowest BCUT2D eigenvalue weighted by Crippen LogP contribution is -2.37. The van der Waals surface area contributed by atoms with Crippen molar-refractivity contribution in [2.24, 2.45) is 23.7 Å². The third-order valence-corrected chi connectivity index (χ3v) is 10.4. The number of ether oxygens (including phenoxy) is 1. The molecule has 7 heteroatoms. The molecular weight excluding hydrogens is 502 g/mol. The number of hydrogen-bond acceptors (Lipinski definition) is 4. The molecule has 1 saturated heterocycles. The Hall–Kier alpha value is -1.21. The third-order valence-electron chi connectivity index (χ3n) is 7.15. The van der Waals surface area contributed by atoms with Crippen LogP contribution in [-0.2, 0) is 14.3 Å². The predicted molar refractivity (Wildman–Crippen MR) is 115 cm³/mol. The number of rotatable bonds is 3. The van der Waals surface area contributed by atoms with Crippen molar-refractivity contribution in [1.29, 1.82) is 0 Å². The highest BCUT2D eigenvalue weighted by atomic mass is 79.9. The number of carbonyl (C=O) groups is 3. The molecule has 3 saturated carbocycles. The van der Waals surface area contributed by atoms with Crippen LogP contribution < -0.4 is 4.90 Å². The molecule has 5 nitrogen and oxygen atoms in total. The van der Waals surface area contributed by atoms with E-state index in [4.69, 9.17) is 4.74 Å². The fraction of sp³-hybridized carbons (Fsp3) is 0.591. The normalized spacial score (nSPS) is 36.6. The summed E-state index contributed by atoms with van der Waals surface area (Å²) in [5.74, 6) is -0.806. The molecule has 0 unspecified atom stereocenters. The molecule has 4 aliphatic rings. The number of benzene rings is 1. The standard InChI is InChI=1S/C22H23Br2NO4/c23-18-14-10-15(19(18)24)17-16(14)20(26)25(21(17)27)12-6-4-5-11(9-12)22(28)29-13-7-2-1-3-8-13/h4-6,9,13-19H,1-3,7-8,10H2/t14-,15-,16-,17-,18-,19+/m1/s1. The first kappa shape index (κ1) is 19.7. The summed E-state index contributed by atoms with van der Waals surface area (Å²) in [4.78, 5) is 40.7. The molecule has 2 bridgehead atoms. The van der Waals surface area contributed by atoms with Crippen LogP contribution in [0.2, 0.25) is 0 Å². The average Bonchev–Trinajstić information content (AvgIpc) is 3.33. The van der Waals surface area contributed by atoms with E-state index in [2.05, 4.69) is 31.9 Å². The molecule has 5 rings (SSSR count). The summed E-state index contributed by atoms with van der Waals surface area (Å²) in [5.41, 5.74) is 0.870. The number of esters is 1. The van der Waals surface area contributed by atoms with Gasteiger partial charge in [0, 0.05) is 9.65 Å². The lowest BCUT2D eigenvalue weighted by Gasteiger charge is -2.28. The van der Waals surface area contributed by atoms with Crippen LogP contribution in [0.4, 0.5) is 5.69 Å². The Morgan fingerprint density at radius 3 is 2.21 bits per heavy atom. The highest BCUT2D eigenvalue weighted by Crippen LogP contribution is 2.60. The summed E-state index contributed by atoms with van der Waals surface area (Å²) >= 11 is 7.42. The Bertz CT molecular complexity index is 836. The van der Waals surface area contributed by atoms with Crippen LogP contribution in [-0.4, -0.2) is 33.5 Å². The van der Waals surface area contributed by atoms with Gasteiger partial charge in [0.25, 0.3) is 0 Å². The van der Waals surface area contributed by atoms with E-state index in [1.165, 1.54) is 11.3 Å². The van der Waals surface area contributed by atoms with E-state index < -0.39 is 0 Å². The zero-order valence-electron chi connectivity index (χ0n) is 15.9. The zero-order chi connectivity index (χ0) is 20.3. The molecule has 1 aromatic carbocycles. The maximum absolute atomic E-state index is 13.2. The summed E-state index contributed by atoms with van der Waals surface area (Å²) in [5, 5.41) is 0. The summed E-state index contributed by atoms with van der Waals surface area (Å²) < 4.78 is 5.66. The van der Waals surface area contributed by atoms with Crippen molar-refractivity contribution in [2.75, 3.05) is 4.90 Å². The lowest BCUT2D eigenvalue weighted by molar-refractivity contribution is -0.123. The van der Waals surface area contributed by atoms with Gasteiger partial charge < -0.3 is 4.74 Å². The number of hydrogen-bond donors (Lipinski definition) is 0. The van der Waals surface area contributed by atoms with Gasteiger partial charge in [0.2, 0.25) is 11.8 Å². The van der Waals surface area contributed by atoms with Crippen molar-refractivity contribution in [1.82, 2.24) is 0 Å². The maximum Gasteiger partial charge on any atom is 0.338 e. The van der Waals surface area contributed by atoms with Crippen LogP contribution in [0.25, 0.3) is 0 Å². The first-order chi connectivity index (χ1) is 14.0. The second kappa shape index (κ2) is 7.49. The van der Waals surface area contributed by atoms with Crippen LogP contribution in [0.15, 0.2) is 24.3 Å². The number of nitrogens with zero attached hydrogens (tertiary/aromatic N) is 1. The molecule has 1 aromatic rings. The number of halogens is 2. The zero-order valence-corrected chi connectivity index (χ0v) is 19.1. The van der Waals surface area contributed by atoms with Crippen LogP contribution >= 0.6 is 31.9 Å². The van der Waals surface area contributed by atoms with Gasteiger partial charge in [-0.3, -0.25) is 14.5 Å². The summed E-state index contributed by atoms with van der Waals surface area (Å²) in [6.45, 7) is 0. The molecule has 2 amide bonds. The van der Waals surface area contributed by atoms with E-state index >= 15 is 0 Å². The molecule has 0 radical (unpaired) electrons. The van der Waals surface area contributed by atoms with Crippen LogP contribution in [0.3, 0.4) is 0 Å². The second-order valence-electron chi connectivity index (χ2n) is 8.73. The molecule has 154 valence electrons. The van der Waals surface area contributed by atoms with Gasteiger partial charge in [-0.05, 0) is 62.1 Å². The molecule has 29 heavy (non-hydrogen) atoms. The van der Waals surface area contributed by atoms with Gasteiger partial charge in [0.1, 0.15) is 6.10 Å². The van der Waals surface area contributed by atoms with Crippen LogP contribution in [0.1, 0.15) is 48.9 Å². The summed E-state index contributed by atoms with van der Waals surface area (Å²) in [6, 6.07) is 6.76. The van der Waals surface area contributed by atoms with Crippen LogP contribution in [0.5, 0.6) is 0 Å². The van der Waals surface area contributed by atoms with E-state index in [-0.39, 0.29) is 57.2 Å². The molecule has 0 aromatic heterocycles. The van der Waals surface area contributed by atoms with Crippen LogP contribution in [0, 0.1) is 23.7 Å². The van der Waals surface area contributed by atoms with Crippen molar-refractivity contribution in [3.63, 3.8) is 0 Å². The third kappa shape index (κ3) is 3.11. The van der Waals surface area contributed by atoms with Gasteiger partial charge in [-0.15, -0.1) is 0 Å². The Balaban J connectivity index is 1.38. The van der Waals surface area contributed by atoms with E-state index in [0.29, 0.717) is 11.3 Å². The average molecular weight is 525 g/mol. The van der Waals surface area contributed by atoms with E-state index in [0.717, 1.165) is 32.1 Å². The van der Waals surface area contributed by atoms with Crippen molar-refractivity contribution in [2.45, 2.75) is 54.3 Å². The fourth-order valence-corrected chi connectivity index (χ4v) is 7.65. The molecule has 0 N–H and O–H groups in total. The molecule has 6 atom stereocenters. The number of anilines is 1. The molecule has 4 fully saturated rings. The van der Waals surface area contributed by atoms with Gasteiger partial charge in [0.05, 0.1) is 23.1 Å². The first-order valence-electron chi connectivity index (χ1n) is 10.4. The number of amides is 2.